The number of carbonyl (C=O) groups is 1. The Hall–Kier alpha value is -1.29. The molecule has 2 rings (SSSR count). The fourth-order valence-corrected chi connectivity index (χ4v) is 1.77. The topological polar surface area (TPSA) is 45.5 Å². The lowest BCUT2D eigenvalue weighted by atomic mass is 10.3. The quantitative estimate of drug-likeness (QED) is 0.695. The minimum absolute atomic E-state index is 0.00838. The molecule has 2 heterocycles. The van der Waals surface area contributed by atoms with Crippen LogP contribution in [0.4, 0.5) is 0 Å². The number of amides is 1. The molecule has 4 heteroatoms. The second-order valence-electron chi connectivity index (χ2n) is 3.70. The van der Waals surface area contributed by atoms with Crippen molar-refractivity contribution in [3.05, 3.63) is 24.0 Å². The van der Waals surface area contributed by atoms with E-state index in [1.165, 1.54) is 0 Å². The third-order valence-electron chi connectivity index (χ3n) is 2.61. The highest BCUT2D eigenvalue weighted by Crippen LogP contribution is 2.13. The minimum Gasteiger partial charge on any atom is -0.391 e. The van der Waals surface area contributed by atoms with E-state index in [1.807, 2.05) is 19.3 Å². The van der Waals surface area contributed by atoms with E-state index < -0.39 is 0 Å². The maximum absolute atomic E-state index is 11.9. The van der Waals surface area contributed by atoms with Crippen LogP contribution in [0.1, 0.15) is 16.9 Å². The number of aryl methyl sites for hydroxylation is 1. The number of rotatable bonds is 1. The molecular weight excluding hydrogens is 180 g/mol. The van der Waals surface area contributed by atoms with Crippen molar-refractivity contribution in [2.45, 2.75) is 12.5 Å². The van der Waals surface area contributed by atoms with Crippen molar-refractivity contribution in [2.24, 2.45) is 7.05 Å². The second kappa shape index (κ2) is 3.46. The van der Waals surface area contributed by atoms with Crippen LogP contribution in [0.15, 0.2) is 18.3 Å². The van der Waals surface area contributed by atoms with Gasteiger partial charge in [0.15, 0.2) is 0 Å². The summed E-state index contributed by atoms with van der Waals surface area (Å²) in [7, 11) is 1.85. The van der Waals surface area contributed by atoms with Crippen LogP contribution in [0.5, 0.6) is 0 Å². The Labute approximate surface area is 82.7 Å². The van der Waals surface area contributed by atoms with E-state index >= 15 is 0 Å². The molecule has 0 unspecified atom stereocenters. The Morgan fingerprint density at radius 3 is 2.93 bits per heavy atom. The van der Waals surface area contributed by atoms with Gasteiger partial charge in [-0.2, -0.15) is 0 Å². The van der Waals surface area contributed by atoms with Crippen molar-refractivity contribution in [1.29, 1.82) is 0 Å². The first-order valence-electron chi connectivity index (χ1n) is 4.77. The predicted molar refractivity (Wildman–Crippen MR) is 51.9 cm³/mol. The third-order valence-corrected chi connectivity index (χ3v) is 2.61. The zero-order valence-electron chi connectivity index (χ0n) is 8.18. The Morgan fingerprint density at radius 1 is 1.64 bits per heavy atom. The van der Waals surface area contributed by atoms with Gasteiger partial charge in [0.1, 0.15) is 5.69 Å². The van der Waals surface area contributed by atoms with E-state index in [0.29, 0.717) is 25.2 Å². The fraction of sp³-hybridized carbons (Fsp3) is 0.500. The molecule has 1 N–H and O–H groups in total. The average Bonchev–Trinajstić information content (AvgIpc) is 2.73. The number of aromatic nitrogens is 1. The zero-order chi connectivity index (χ0) is 10.1. The van der Waals surface area contributed by atoms with Gasteiger partial charge in [0.2, 0.25) is 0 Å². The van der Waals surface area contributed by atoms with Gasteiger partial charge in [0.05, 0.1) is 6.10 Å². The number of hydrogen-bond acceptors (Lipinski definition) is 2. The van der Waals surface area contributed by atoms with Gasteiger partial charge < -0.3 is 14.6 Å². The molecule has 1 aromatic rings. The van der Waals surface area contributed by atoms with Crippen molar-refractivity contribution in [1.82, 2.24) is 9.47 Å². The van der Waals surface area contributed by atoms with Crippen LogP contribution in [0.2, 0.25) is 0 Å². The van der Waals surface area contributed by atoms with Crippen molar-refractivity contribution >= 4 is 5.91 Å². The molecule has 76 valence electrons. The van der Waals surface area contributed by atoms with Gasteiger partial charge in [-0.05, 0) is 18.6 Å². The van der Waals surface area contributed by atoms with Crippen LogP contribution in [0.3, 0.4) is 0 Å². The van der Waals surface area contributed by atoms with Gasteiger partial charge in [-0.3, -0.25) is 4.79 Å². The first kappa shape index (κ1) is 9.27. The predicted octanol–water partition coefficient (Wildman–Crippen LogP) is 0.232. The maximum Gasteiger partial charge on any atom is 0.270 e. The third kappa shape index (κ3) is 1.53. The van der Waals surface area contributed by atoms with Gasteiger partial charge in [-0.25, -0.2) is 0 Å². The first-order chi connectivity index (χ1) is 6.68. The molecule has 1 aliphatic heterocycles. The number of aliphatic hydroxyl groups is 1. The summed E-state index contributed by atoms with van der Waals surface area (Å²) in [6.45, 7) is 1.12. The van der Waals surface area contributed by atoms with Crippen molar-refractivity contribution in [3.63, 3.8) is 0 Å². The minimum atomic E-state index is -0.348. The first-order valence-corrected chi connectivity index (χ1v) is 4.77. The lowest BCUT2D eigenvalue weighted by Crippen LogP contribution is -2.30. The summed E-state index contributed by atoms with van der Waals surface area (Å²) in [5, 5.41) is 9.31. The molecule has 1 amide bonds. The molecule has 1 aliphatic rings. The molecule has 1 saturated heterocycles. The molecule has 1 aromatic heterocycles. The van der Waals surface area contributed by atoms with E-state index in [1.54, 1.807) is 15.5 Å². The number of aliphatic hydroxyl groups excluding tert-OH is 1. The molecule has 14 heavy (non-hydrogen) atoms. The van der Waals surface area contributed by atoms with Crippen molar-refractivity contribution in [3.8, 4) is 0 Å². The summed E-state index contributed by atoms with van der Waals surface area (Å²) >= 11 is 0. The van der Waals surface area contributed by atoms with Gasteiger partial charge in [0.25, 0.3) is 5.91 Å². The smallest absolute Gasteiger partial charge is 0.270 e. The molecule has 1 atom stereocenters. The van der Waals surface area contributed by atoms with E-state index in [9.17, 15) is 9.90 Å². The van der Waals surface area contributed by atoms with Crippen molar-refractivity contribution in [2.75, 3.05) is 13.1 Å². The van der Waals surface area contributed by atoms with Crippen LogP contribution in [0, 0.1) is 0 Å². The van der Waals surface area contributed by atoms with E-state index in [0.717, 1.165) is 0 Å². The summed E-state index contributed by atoms with van der Waals surface area (Å²) in [5.74, 6) is 0.00838. The molecule has 0 radical (unpaired) electrons. The van der Waals surface area contributed by atoms with Crippen LogP contribution >= 0.6 is 0 Å². The maximum atomic E-state index is 11.9. The molecule has 1 fully saturated rings. The molecule has 0 saturated carbocycles. The number of nitrogens with zero attached hydrogens (tertiary/aromatic N) is 2. The highest BCUT2D eigenvalue weighted by atomic mass is 16.3. The monoisotopic (exact) mass is 194 g/mol. The van der Waals surface area contributed by atoms with Gasteiger partial charge in [-0.15, -0.1) is 0 Å². The normalized spacial score (nSPS) is 21.6. The highest BCUT2D eigenvalue weighted by molar-refractivity contribution is 5.92. The Balaban J connectivity index is 2.13. The van der Waals surface area contributed by atoms with Crippen LogP contribution in [-0.2, 0) is 7.05 Å². The number of likely N-dealkylation sites (tertiary alicyclic amines) is 1. The number of hydrogen-bond donors (Lipinski definition) is 1. The summed E-state index contributed by atoms with van der Waals surface area (Å²) in [5.41, 5.74) is 0.680. The summed E-state index contributed by atoms with van der Waals surface area (Å²) < 4.78 is 1.80. The number of β-amino-alcohol motifs (C(OH)–C–C–N with tert-alkyl or cyclic N) is 1. The summed E-state index contributed by atoms with van der Waals surface area (Å²) in [6, 6.07) is 3.65. The van der Waals surface area contributed by atoms with E-state index in [2.05, 4.69) is 0 Å². The molecular formula is C10H14N2O2. The zero-order valence-corrected chi connectivity index (χ0v) is 8.18. The summed E-state index contributed by atoms with van der Waals surface area (Å²) in [6.07, 6.45) is 2.19. The molecule has 0 spiro atoms. The van der Waals surface area contributed by atoms with E-state index in [4.69, 9.17) is 0 Å². The second-order valence-corrected chi connectivity index (χ2v) is 3.70. The standard InChI is InChI=1S/C10H14N2O2/c1-11-5-2-3-9(11)10(14)12-6-4-8(13)7-12/h2-3,5,8,13H,4,6-7H2,1H3/t8-/m0/s1. The summed E-state index contributed by atoms with van der Waals surface area (Å²) in [4.78, 5) is 13.6. The lowest BCUT2D eigenvalue weighted by Gasteiger charge is -2.15. The van der Waals surface area contributed by atoms with Gasteiger partial charge in [-0.1, -0.05) is 0 Å². The van der Waals surface area contributed by atoms with Crippen molar-refractivity contribution < 1.29 is 9.90 Å². The SMILES string of the molecule is Cn1cccc1C(=O)N1CC[C@H](O)C1. The highest BCUT2D eigenvalue weighted by Gasteiger charge is 2.26. The Morgan fingerprint density at radius 2 is 2.43 bits per heavy atom. The van der Waals surface area contributed by atoms with Gasteiger partial charge >= 0.3 is 0 Å². The van der Waals surface area contributed by atoms with E-state index in [-0.39, 0.29) is 12.0 Å². The van der Waals surface area contributed by atoms with Crippen LogP contribution < -0.4 is 0 Å². The molecule has 0 aromatic carbocycles. The van der Waals surface area contributed by atoms with Gasteiger partial charge in [0, 0.05) is 26.3 Å². The molecule has 0 aliphatic carbocycles. The van der Waals surface area contributed by atoms with Crippen LogP contribution in [-0.4, -0.2) is 39.7 Å². The largest absolute Gasteiger partial charge is 0.391 e. The lowest BCUT2D eigenvalue weighted by molar-refractivity contribution is 0.0755. The Kier molecular flexibility index (Phi) is 2.29. The fourth-order valence-electron chi connectivity index (χ4n) is 1.77. The van der Waals surface area contributed by atoms with Crippen LogP contribution in [0.25, 0.3) is 0 Å². The number of carbonyl (C=O) groups excluding carboxylic acids is 1. The Bertz CT molecular complexity index is 346. The molecule has 4 nitrogen and oxygen atoms in total. The molecule has 0 bridgehead atoms. The average molecular weight is 194 g/mol.